The first-order valence-electron chi connectivity index (χ1n) is 16.0. The molecule has 2 aliphatic heterocycles. The first kappa shape index (κ1) is 30.5. The Balaban J connectivity index is 1.05. The number of aliphatic hydroxyl groups is 1. The molecule has 240 valence electrons. The number of carbonyl (C=O) groups is 2. The van der Waals surface area contributed by atoms with Crippen LogP contribution in [-0.2, 0) is 18.4 Å². The second-order valence-corrected chi connectivity index (χ2v) is 12.7. The lowest BCUT2D eigenvalue weighted by atomic mass is 9.79. The van der Waals surface area contributed by atoms with E-state index < -0.39 is 5.60 Å². The van der Waals surface area contributed by atoms with Gasteiger partial charge in [-0.25, -0.2) is 9.97 Å². The van der Waals surface area contributed by atoms with E-state index in [1.54, 1.807) is 35.3 Å². The summed E-state index contributed by atoms with van der Waals surface area (Å²) in [5, 5.41) is 12.0. The van der Waals surface area contributed by atoms with Crippen LogP contribution >= 0.6 is 0 Å². The van der Waals surface area contributed by atoms with Gasteiger partial charge in [-0.1, -0.05) is 36.4 Å². The molecule has 0 radical (unpaired) electrons. The number of pyridine rings is 2. The van der Waals surface area contributed by atoms with Crippen molar-refractivity contribution in [2.45, 2.75) is 37.3 Å². The molecule has 4 aromatic heterocycles. The molecular formula is C36H37N7O4. The van der Waals surface area contributed by atoms with Crippen LogP contribution in [-0.4, -0.2) is 82.6 Å². The van der Waals surface area contributed by atoms with Crippen LogP contribution in [0.4, 0.5) is 0 Å². The lowest BCUT2D eigenvalue weighted by Gasteiger charge is -2.43. The number of aromatic nitrogens is 5. The standard InChI is InChI=1S/C36H37N7O4/c1-40-18-12-28-32(40)38-24-43(34(28)45)23-36(47)14-20-41(21-15-36)33(44)27-13-19-42(22-29(27)25-6-3-2-4-7-25)35(46)31-9-5-8-30(39-31)26-10-16-37-17-11-26/h2-12,16-18,24,27,29,47H,13-15,19-23H2,1H3/t27-,29+/m1/s1. The summed E-state index contributed by atoms with van der Waals surface area (Å²) in [5.74, 6) is -0.617. The highest BCUT2D eigenvalue weighted by Crippen LogP contribution is 2.36. The lowest BCUT2D eigenvalue weighted by Crippen LogP contribution is -2.53. The Bertz CT molecular complexity index is 1970. The molecule has 0 spiro atoms. The molecule has 6 heterocycles. The summed E-state index contributed by atoms with van der Waals surface area (Å²) in [5.41, 5.74) is 2.26. The molecule has 0 aliphatic carbocycles. The number of aryl methyl sites for hydroxylation is 1. The molecule has 7 rings (SSSR count). The van der Waals surface area contributed by atoms with Gasteiger partial charge in [-0.2, -0.15) is 0 Å². The maximum atomic E-state index is 14.1. The molecule has 0 unspecified atom stereocenters. The van der Waals surface area contributed by atoms with E-state index in [-0.39, 0.29) is 35.8 Å². The average molecular weight is 632 g/mol. The third kappa shape index (κ3) is 6.06. The Morgan fingerprint density at radius 1 is 0.936 bits per heavy atom. The van der Waals surface area contributed by atoms with Crippen molar-refractivity contribution in [1.82, 2.24) is 33.9 Å². The highest BCUT2D eigenvalue weighted by molar-refractivity contribution is 5.93. The highest BCUT2D eigenvalue weighted by atomic mass is 16.3. The van der Waals surface area contributed by atoms with Crippen molar-refractivity contribution in [3.05, 3.63) is 113 Å². The Morgan fingerprint density at radius 2 is 1.70 bits per heavy atom. The lowest BCUT2D eigenvalue weighted by molar-refractivity contribution is -0.142. The van der Waals surface area contributed by atoms with Gasteiger partial charge in [0.15, 0.2) is 0 Å². The summed E-state index contributed by atoms with van der Waals surface area (Å²) in [6, 6.07) is 20.8. The van der Waals surface area contributed by atoms with Gasteiger partial charge in [0.2, 0.25) is 5.91 Å². The number of likely N-dealkylation sites (tertiary alicyclic amines) is 2. The zero-order chi connectivity index (χ0) is 32.5. The summed E-state index contributed by atoms with van der Waals surface area (Å²) in [6.45, 7) is 1.73. The Kier molecular flexibility index (Phi) is 8.15. The summed E-state index contributed by atoms with van der Waals surface area (Å²) in [6.07, 6.45) is 7.91. The van der Waals surface area contributed by atoms with Gasteiger partial charge in [-0.3, -0.25) is 23.9 Å². The Morgan fingerprint density at radius 3 is 2.47 bits per heavy atom. The number of hydrogen-bond acceptors (Lipinski definition) is 7. The highest BCUT2D eigenvalue weighted by Gasteiger charge is 2.42. The molecular weight excluding hydrogens is 594 g/mol. The monoisotopic (exact) mass is 631 g/mol. The van der Waals surface area contributed by atoms with E-state index >= 15 is 0 Å². The molecule has 11 heteroatoms. The zero-order valence-corrected chi connectivity index (χ0v) is 26.3. The van der Waals surface area contributed by atoms with Crippen molar-refractivity contribution in [1.29, 1.82) is 0 Å². The molecule has 0 bridgehead atoms. The largest absolute Gasteiger partial charge is 0.388 e. The number of piperidine rings is 2. The van der Waals surface area contributed by atoms with E-state index in [4.69, 9.17) is 0 Å². The smallest absolute Gasteiger partial charge is 0.272 e. The van der Waals surface area contributed by atoms with Crippen LogP contribution < -0.4 is 5.56 Å². The number of rotatable bonds is 6. The van der Waals surface area contributed by atoms with Crippen molar-refractivity contribution in [2.75, 3.05) is 26.2 Å². The van der Waals surface area contributed by atoms with Gasteiger partial charge in [-0.05, 0) is 55.2 Å². The number of fused-ring (bicyclic) bond motifs is 1. The molecule has 5 aromatic rings. The summed E-state index contributed by atoms with van der Waals surface area (Å²) >= 11 is 0. The van der Waals surface area contributed by atoms with Crippen molar-refractivity contribution >= 4 is 22.8 Å². The van der Waals surface area contributed by atoms with Gasteiger partial charge in [0.1, 0.15) is 17.7 Å². The number of amides is 2. The molecule has 2 atom stereocenters. The first-order valence-corrected chi connectivity index (χ1v) is 16.0. The van der Waals surface area contributed by atoms with Gasteiger partial charge in [0, 0.05) is 69.2 Å². The minimum atomic E-state index is -1.13. The van der Waals surface area contributed by atoms with E-state index in [1.165, 1.54) is 10.9 Å². The summed E-state index contributed by atoms with van der Waals surface area (Å²) < 4.78 is 3.26. The van der Waals surface area contributed by atoms with Crippen LogP contribution in [0.5, 0.6) is 0 Å². The van der Waals surface area contributed by atoms with Crippen LogP contribution in [0.25, 0.3) is 22.3 Å². The van der Waals surface area contributed by atoms with Gasteiger partial charge in [0.25, 0.3) is 11.5 Å². The first-order chi connectivity index (χ1) is 22.8. The topological polar surface area (TPSA) is 126 Å². The normalized spacial score (nSPS) is 19.5. The molecule has 1 aromatic carbocycles. The quantitative estimate of drug-likeness (QED) is 0.304. The SMILES string of the molecule is Cn1ccc2c(=O)n(CC3(O)CCN(C(=O)[C@@H]4CCN(C(=O)c5cccc(-c6ccncc6)n5)C[C@H]4c4ccccc4)CC3)cnc21. The van der Waals surface area contributed by atoms with Crippen molar-refractivity contribution in [3.8, 4) is 11.3 Å². The average Bonchev–Trinajstić information content (AvgIpc) is 3.50. The van der Waals surface area contributed by atoms with E-state index in [0.717, 1.165) is 11.1 Å². The second kappa shape index (κ2) is 12.6. The van der Waals surface area contributed by atoms with Crippen LogP contribution in [0.1, 0.15) is 41.2 Å². The number of carbonyl (C=O) groups excluding carboxylic acids is 2. The van der Waals surface area contributed by atoms with Crippen molar-refractivity contribution in [3.63, 3.8) is 0 Å². The fourth-order valence-corrected chi connectivity index (χ4v) is 7.02. The van der Waals surface area contributed by atoms with Crippen molar-refractivity contribution in [2.24, 2.45) is 13.0 Å². The third-order valence-corrected chi connectivity index (χ3v) is 9.71. The Hall–Kier alpha value is -5.16. The van der Waals surface area contributed by atoms with E-state index in [9.17, 15) is 19.5 Å². The number of benzene rings is 1. The van der Waals surface area contributed by atoms with Gasteiger partial charge < -0.3 is 19.5 Å². The van der Waals surface area contributed by atoms with Crippen LogP contribution in [0.15, 0.2) is 96.4 Å². The summed E-state index contributed by atoms with van der Waals surface area (Å²) in [4.78, 5) is 57.7. The van der Waals surface area contributed by atoms with E-state index in [1.807, 2.05) is 71.4 Å². The van der Waals surface area contributed by atoms with Crippen LogP contribution in [0.2, 0.25) is 0 Å². The molecule has 2 fully saturated rings. The van der Waals surface area contributed by atoms with Gasteiger partial charge in [0.05, 0.1) is 23.2 Å². The van der Waals surface area contributed by atoms with Crippen LogP contribution in [0, 0.1) is 5.92 Å². The molecule has 1 N–H and O–H groups in total. The molecule has 2 amide bonds. The maximum Gasteiger partial charge on any atom is 0.272 e. The summed E-state index contributed by atoms with van der Waals surface area (Å²) in [7, 11) is 1.84. The third-order valence-electron chi connectivity index (χ3n) is 9.71. The zero-order valence-electron chi connectivity index (χ0n) is 26.3. The van der Waals surface area contributed by atoms with E-state index in [0.29, 0.717) is 67.9 Å². The molecule has 2 saturated heterocycles. The molecule has 47 heavy (non-hydrogen) atoms. The predicted molar refractivity (Wildman–Crippen MR) is 176 cm³/mol. The fraction of sp³-hybridized carbons (Fsp3) is 0.333. The second-order valence-electron chi connectivity index (χ2n) is 12.7. The van der Waals surface area contributed by atoms with Gasteiger partial charge in [-0.15, -0.1) is 0 Å². The molecule has 0 saturated carbocycles. The van der Waals surface area contributed by atoms with Gasteiger partial charge >= 0.3 is 0 Å². The molecule has 11 nitrogen and oxygen atoms in total. The van der Waals surface area contributed by atoms with Crippen molar-refractivity contribution < 1.29 is 14.7 Å². The Labute approximate surface area is 272 Å². The van der Waals surface area contributed by atoms with E-state index in [2.05, 4.69) is 15.0 Å². The number of nitrogens with zero attached hydrogens (tertiary/aromatic N) is 7. The minimum Gasteiger partial charge on any atom is -0.388 e. The number of hydrogen-bond donors (Lipinski definition) is 1. The van der Waals surface area contributed by atoms with Crippen LogP contribution in [0.3, 0.4) is 0 Å². The predicted octanol–water partition coefficient (Wildman–Crippen LogP) is 3.49. The maximum absolute atomic E-state index is 14.1. The molecule has 2 aliphatic rings. The fourth-order valence-electron chi connectivity index (χ4n) is 7.02. The minimum absolute atomic E-state index is 0.0374.